The molecule has 0 fully saturated rings. The SMILES string of the molecule is CCCCCCCCCCCCCCCCCC(=O)SSC. The first-order valence-electron chi connectivity index (χ1n) is 9.54. The molecule has 0 amide bonds. The van der Waals surface area contributed by atoms with Crippen LogP contribution in [0.2, 0.25) is 0 Å². The molecule has 0 bridgehead atoms. The van der Waals surface area contributed by atoms with Crippen molar-refractivity contribution in [3.63, 3.8) is 0 Å². The second-order valence-electron chi connectivity index (χ2n) is 6.32. The van der Waals surface area contributed by atoms with Gasteiger partial charge in [-0.3, -0.25) is 4.79 Å². The van der Waals surface area contributed by atoms with Gasteiger partial charge < -0.3 is 0 Å². The Morgan fingerprint density at radius 3 is 1.36 bits per heavy atom. The summed E-state index contributed by atoms with van der Waals surface area (Å²) in [6.07, 6.45) is 23.4. The van der Waals surface area contributed by atoms with E-state index in [9.17, 15) is 4.79 Å². The van der Waals surface area contributed by atoms with E-state index in [1.54, 1.807) is 10.8 Å². The lowest BCUT2D eigenvalue weighted by Crippen LogP contribution is -1.89. The molecular weight excluding hydrogens is 308 g/mol. The van der Waals surface area contributed by atoms with Crippen LogP contribution < -0.4 is 0 Å². The monoisotopic (exact) mass is 346 g/mol. The summed E-state index contributed by atoms with van der Waals surface area (Å²) >= 11 is 0. The molecule has 22 heavy (non-hydrogen) atoms. The molecule has 0 N–H and O–H groups in total. The molecule has 0 aromatic rings. The normalized spacial score (nSPS) is 11.0. The largest absolute Gasteiger partial charge is 0.286 e. The van der Waals surface area contributed by atoms with Gasteiger partial charge in [0.05, 0.1) is 0 Å². The molecule has 0 aliphatic carbocycles. The first kappa shape index (κ1) is 22.4. The zero-order valence-corrected chi connectivity index (χ0v) is 16.7. The maximum absolute atomic E-state index is 11.3. The lowest BCUT2D eigenvalue weighted by atomic mass is 10.0. The van der Waals surface area contributed by atoms with Crippen molar-refractivity contribution in [2.75, 3.05) is 6.26 Å². The summed E-state index contributed by atoms with van der Waals surface area (Å²) in [6, 6.07) is 0. The van der Waals surface area contributed by atoms with Crippen molar-refractivity contribution >= 4 is 26.7 Å². The van der Waals surface area contributed by atoms with Crippen LogP contribution in [0.4, 0.5) is 0 Å². The molecule has 0 saturated heterocycles. The Kier molecular flexibility index (Phi) is 19.7. The van der Waals surface area contributed by atoms with Crippen LogP contribution in [0.1, 0.15) is 110 Å². The van der Waals surface area contributed by atoms with Crippen molar-refractivity contribution in [3.05, 3.63) is 0 Å². The number of carbonyl (C=O) groups excluding carboxylic acids is 1. The third kappa shape index (κ3) is 18.4. The molecule has 0 heterocycles. The molecule has 3 heteroatoms. The second kappa shape index (κ2) is 19.4. The van der Waals surface area contributed by atoms with Crippen LogP contribution in [0.5, 0.6) is 0 Å². The molecule has 0 unspecified atom stereocenters. The number of hydrogen-bond donors (Lipinski definition) is 0. The summed E-state index contributed by atoms with van der Waals surface area (Å²) in [6.45, 7) is 2.28. The zero-order chi connectivity index (χ0) is 16.3. The number of rotatable bonds is 17. The molecule has 0 saturated carbocycles. The fourth-order valence-corrected chi connectivity index (χ4v) is 4.00. The molecule has 0 radical (unpaired) electrons. The van der Waals surface area contributed by atoms with Crippen LogP contribution in [0.25, 0.3) is 0 Å². The predicted molar refractivity (Wildman–Crippen MR) is 106 cm³/mol. The van der Waals surface area contributed by atoms with Gasteiger partial charge in [0, 0.05) is 6.42 Å². The van der Waals surface area contributed by atoms with E-state index in [0.29, 0.717) is 5.12 Å². The van der Waals surface area contributed by atoms with Gasteiger partial charge in [-0.05, 0) is 23.5 Å². The van der Waals surface area contributed by atoms with Crippen molar-refractivity contribution < 1.29 is 4.79 Å². The maximum atomic E-state index is 11.3. The Balaban J connectivity index is 3.01. The van der Waals surface area contributed by atoms with E-state index in [1.165, 1.54) is 101 Å². The van der Waals surface area contributed by atoms with Gasteiger partial charge in [-0.2, -0.15) is 0 Å². The van der Waals surface area contributed by atoms with Crippen LogP contribution in [-0.2, 0) is 4.79 Å². The quantitative estimate of drug-likeness (QED) is 0.198. The second-order valence-corrected chi connectivity index (χ2v) is 8.78. The minimum Gasteiger partial charge on any atom is -0.286 e. The number of hydrogen-bond acceptors (Lipinski definition) is 3. The molecule has 132 valence electrons. The van der Waals surface area contributed by atoms with E-state index in [-0.39, 0.29) is 0 Å². The summed E-state index contributed by atoms with van der Waals surface area (Å²) in [5, 5.41) is 0.349. The van der Waals surface area contributed by atoms with Gasteiger partial charge in [0.15, 0.2) is 5.12 Å². The first-order chi connectivity index (χ1) is 10.8. The predicted octanol–water partition coefficient (Wildman–Crippen LogP) is 7.79. The van der Waals surface area contributed by atoms with E-state index < -0.39 is 0 Å². The van der Waals surface area contributed by atoms with Crippen LogP contribution in [0, 0.1) is 0 Å². The van der Waals surface area contributed by atoms with Gasteiger partial charge in [0.1, 0.15) is 0 Å². The maximum Gasteiger partial charge on any atom is 0.199 e. The third-order valence-corrected chi connectivity index (χ3v) is 5.78. The van der Waals surface area contributed by atoms with Crippen molar-refractivity contribution in [2.24, 2.45) is 0 Å². The van der Waals surface area contributed by atoms with Crippen LogP contribution in [-0.4, -0.2) is 11.4 Å². The average molecular weight is 347 g/mol. The van der Waals surface area contributed by atoms with Crippen molar-refractivity contribution in [1.29, 1.82) is 0 Å². The van der Waals surface area contributed by atoms with Crippen molar-refractivity contribution in [2.45, 2.75) is 110 Å². The third-order valence-electron chi connectivity index (χ3n) is 4.16. The fourth-order valence-electron chi connectivity index (χ4n) is 2.78. The molecule has 0 aliphatic heterocycles. The Bertz CT molecular complexity index is 231. The smallest absolute Gasteiger partial charge is 0.199 e. The topological polar surface area (TPSA) is 17.1 Å². The standard InChI is InChI=1S/C19H38OS2/c1-3-4-5-6-7-8-9-10-11-12-13-14-15-16-17-18-19(20)22-21-2/h3-18H2,1-2H3. The zero-order valence-electron chi connectivity index (χ0n) is 15.0. The van der Waals surface area contributed by atoms with E-state index in [2.05, 4.69) is 6.92 Å². The summed E-state index contributed by atoms with van der Waals surface area (Å²) in [5.74, 6) is 0. The van der Waals surface area contributed by atoms with Gasteiger partial charge in [-0.15, -0.1) is 0 Å². The molecular formula is C19H38OS2. The van der Waals surface area contributed by atoms with Gasteiger partial charge in [-0.1, -0.05) is 108 Å². The number of unbranched alkanes of at least 4 members (excludes halogenated alkanes) is 14. The van der Waals surface area contributed by atoms with Gasteiger partial charge >= 0.3 is 0 Å². The highest BCUT2D eigenvalue weighted by molar-refractivity contribution is 8.82. The Labute approximate surface area is 147 Å². The van der Waals surface area contributed by atoms with Crippen molar-refractivity contribution in [3.8, 4) is 0 Å². The molecule has 0 atom stereocenters. The van der Waals surface area contributed by atoms with Crippen LogP contribution in [0.15, 0.2) is 0 Å². The van der Waals surface area contributed by atoms with Gasteiger partial charge in [0.25, 0.3) is 0 Å². The Hall–Kier alpha value is 0.370. The molecule has 0 aromatic carbocycles. The lowest BCUT2D eigenvalue weighted by Gasteiger charge is -2.03. The van der Waals surface area contributed by atoms with Gasteiger partial charge in [0.2, 0.25) is 0 Å². The lowest BCUT2D eigenvalue weighted by molar-refractivity contribution is -0.110. The molecule has 0 rings (SSSR count). The molecule has 0 aliphatic rings. The molecule has 0 spiro atoms. The molecule has 0 aromatic heterocycles. The minimum absolute atomic E-state index is 0.349. The van der Waals surface area contributed by atoms with E-state index in [0.717, 1.165) is 12.8 Å². The minimum atomic E-state index is 0.349. The summed E-state index contributed by atoms with van der Waals surface area (Å²) in [4.78, 5) is 11.3. The van der Waals surface area contributed by atoms with Crippen LogP contribution in [0.3, 0.4) is 0 Å². The highest BCUT2D eigenvalue weighted by Gasteiger charge is 2.01. The average Bonchev–Trinajstić information content (AvgIpc) is 2.51. The summed E-state index contributed by atoms with van der Waals surface area (Å²) < 4.78 is 0. The van der Waals surface area contributed by atoms with Crippen molar-refractivity contribution in [1.82, 2.24) is 0 Å². The van der Waals surface area contributed by atoms with Crippen LogP contribution >= 0.6 is 21.6 Å². The van der Waals surface area contributed by atoms with Gasteiger partial charge in [-0.25, -0.2) is 0 Å². The highest BCUT2D eigenvalue weighted by atomic mass is 33.1. The highest BCUT2D eigenvalue weighted by Crippen LogP contribution is 2.21. The fraction of sp³-hybridized carbons (Fsp3) is 0.947. The number of carbonyl (C=O) groups is 1. The first-order valence-corrected chi connectivity index (χ1v) is 12.1. The van der Waals surface area contributed by atoms with E-state index in [1.807, 2.05) is 6.26 Å². The Morgan fingerprint density at radius 2 is 1.00 bits per heavy atom. The van der Waals surface area contributed by atoms with E-state index >= 15 is 0 Å². The summed E-state index contributed by atoms with van der Waals surface area (Å²) in [5.41, 5.74) is 0. The molecule has 1 nitrogen and oxygen atoms in total. The Morgan fingerprint density at radius 1 is 0.636 bits per heavy atom. The summed E-state index contributed by atoms with van der Waals surface area (Å²) in [7, 11) is 2.96. The van der Waals surface area contributed by atoms with E-state index in [4.69, 9.17) is 0 Å².